The normalized spacial score (nSPS) is 15.9. The van der Waals surface area contributed by atoms with E-state index in [-0.39, 0.29) is 24.4 Å². The van der Waals surface area contributed by atoms with Gasteiger partial charge in [-0.05, 0) is 74.3 Å². The molecule has 1 aromatic heterocycles. The number of nitrogens with zero attached hydrogens (tertiary/aromatic N) is 2. The molecule has 34 heavy (non-hydrogen) atoms. The van der Waals surface area contributed by atoms with Crippen molar-refractivity contribution in [3.63, 3.8) is 0 Å². The van der Waals surface area contributed by atoms with Crippen LogP contribution >= 0.6 is 0 Å². The van der Waals surface area contributed by atoms with Gasteiger partial charge in [0.1, 0.15) is 6.04 Å². The summed E-state index contributed by atoms with van der Waals surface area (Å²) in [6.07, 6.45) is 4.26. The molecule has 4 rings (SSSR count). The number of carbonyl (C=O) groups is 3. The lowest BCUT2D eigenvalue weighted by molar-refractivity contribution is -0.128. The minimum atomic E-state index is -0.541. The van der Waals surface area contributed by atoms with E-state index in [2.05, 4.69) is 59.0 Å². The number of aryl methyl sites for hydroxylation is 1. The van der Waals surface area contributed by atoms with E-state index in [0.717, 1.165) is 29.6 Å². The zero-order valence-electron chi connectivity index (χ0n) is 19.9. The third kappa shape index (κ3) is 5.46. The summed E-state index contributed by atoms with van der Waals surface area (Å²) in [5.41, 5.74) is 4.94. The number of hydrogen-bond donors (Lipinski definition) is 3. The van der Waals surface area contributed by atoms with Gasteiger partial charge in [-0.3, -0.25) is 14.5 Å². The van der Waals surface area contributed by atoms with E-state index in [1.807, 2.05) is 6.07 Å². The number of aromatic nitrogens is 1. The Bertz CT molecular complexity index is 1220. The first-order valence-corrected chi connectivity index (χ1v) is 11.5. The molecule has 1 aliphatic heterocycles. The van der Waals surface area contributed by atoms with Crippen LogP contribution in [-0.4, -0.2) is 59.3 Å². The van der Waals surface area contributed by atoms with Gasteiger partial charge in [0, 0.05) is 36.3 Å². The van der Waals surface area contributed by atoms with E-state index in [0.29, 0.717) is 18.5 Å². The number of nitrogens with one attached hydrogen (secondary N) is 3. The number of H-pyrrole nitrogens is 1. The topological polar surface area (TPSA) is 97.5 Å². The summed E-state index contributed by atoms with van der Waals surface area (Å²) in [5.74, 6) is -0.390. The standard InChI is InChI=1S/C26H31N5O3/c1-17(32)28-21-6-4-5-19(13-21)16-31-25(33)24(29-26(31)34)10-8-18-7-9-23-22(14-18)20(15-27-23)11-12-30(2)3/h4-7,9,13-15,24,27H,8,10-12,16H2,1-3H3,(H,28,32)(H,29,34). The summed E-state index contributed by atoms with van der Waals surface area (Å²) in [6.45, 7) is 2.58. The van der Waals surface area contributed by atoms with Crippen LogP contribution in [0.4, 0.5) is 10.5 Å². The molecule has 1 fully saturated rings. The zero-order chi connectivity index (χ0) is 24.2. The first-order valence-electron chi connectivity index (χ1n) is 11.5. The van der Waals surface area contributed by atoms with Crippen molar-refractivity contribution >= 4 is 34.4 Å². The molecule has 0 aliphatic carbocycles. The second kappa shape index (κ2) is 10.1. The Morgan fingerprint density at radius 1 is 1.09 bits per heavy atom. The van der Waals surface area contributed by atoms with Gasteiger partial charge in [0.25, 0.3) is 5.91 Å². The molecule has 178 valence electrons. The zero-order valence-corrected chi connectivity index (χ0v) is 19.9. The third-order valence-corrected chi connectivity index (χ3v) is 6.08. The van der Waals surface area contributed by atoms with Crippen LogP contribution in [-0.2, 0) is 29.0 Å². The van der Waals surface area contributed by atoms with Crippen LogP contribution in [0.2, 0.25) is 0 Å². The van der Waals surface area contributed by atoms with E-state index in [9.17, 15) is 14.4 Å². The van der Waals surface area contributed by atoms with Gasteiger partial charge in [-0.2, -0.15) is 0 Å². The number of amides is 4. The second-order valence-corrected chi connectivity index (χ2v) is 9.09. The first kappa shape index (κ1) is 23.5. The molecule has 4 amide bonds. The van der Waals surface area contributed by atoms with Crippen molar-refractivity contribution in [2.75, 3.05) is 26.0 Å². The molecule has 1 atom stereocenters. The molecule has 3 aromatic rings. The molecule has 2 aromatic carbocycles. The number of imide groups is 1. The fourth-order valence-corrected chi connectivity index (χ4v) is 4.30. The van der Waals surface area contributed by atoms with Gasteiger partial charge in [-0.25, -0.2) is 4.79 Å². The average molecular weight is 462 g/mol. The largest absolute Gasteiger partial charge is 0.361 e. The average Bonchev–Trinajstić information content (AvgIpc) is 3.31. The summed E-state index contributed by atoms with van der Waals surface area (Å²) in [7, 11) is 4.13. The SMILES string of the molecule is CC(=O)Nc1cccc(CN2C(=O)NC(CCc3ccc4[nH]cc(CCN(C)C)c4c3)C2=O)c1. The summed E-state index contributed by atoms with van der Waals surface area (Å²) < 4.78 is 0. The van der Waals surface area contributed by atoms with Crippen LogP contribution in [0.3, 0.4) is 0 Å². The minimum Gasteiger partial charge on any atom is -0.361 e. The van der Waals surface area contributed by atoms with E-state index in [1.54, 1.807) is 18.2 Å². The smallest absolute Gasteiger partial charge is 0.325 e. The lowest BCUT2D eigenvalue weighted by atomic mass is 10.0. The van der Waals surface area contributed by atoms with Crippen LogP contribution in [0.15, 0.2) is 48.7 Å². The highest BCUT2D eigenvalue weighted by Gasteiger charge is 2.37. The molecule has 0 spiro atoms. The van der Waals surface area contributed by atoms with Gasteiger partial charge in [0.05, 0.1) is 6.54 Å². The van der Waals surface area contributed by atoms with Gasteiger partial charge < -0.3 is 20.5 Å². The maximum absolute atomic E-state index is 12.9. The highest BCUT2D eigenvalue weighted by Crippen LogP contribution is 2.23. The van der Waals surface area contributed by atoms with Crippen LogP contribution in [0, 0.1) is 0 Å². The molecule has 3 N–H and O–H groups in total. The second-order valence-electron chi connectivity index (χ2n) is 9.09. The minimum absolute atomic E-state index is 0.166. The van der Waals surface area contributed by atoms with Crippen LogP contribution < -0.4 is 10.6 Å². The molecular weight excluding hydrogens is 430 g/mol. The quantitative estimate of drug-likeness (QED) is 0.426. The molecule has 0 radical (unpaired) electrons. The van der Waals surface area contributed by atoms with Crippen molar-refractivity contribution in [2.24, 2.45) is 0 Å². The maximum Gasteiger partial charge on any atom is 0.325 e. The van der Waals surface area contributed by atoms with Crippen molar-refractivity contribution in [1.82, 2.24) is 20.1 Å². The predicted molar refractivity (Wildman–Crippen MR) is 132 cm³/mol. The molecule has 0 saturated carbocycles. The van der Waals surface area contributed by atoms with Crippen molar-refractivity contribution in [3.05, 3.63) is 65.4 Å². The Balaban J connectivity index is 1.39. The Labute approximate surface area is 199 Å². The molecular formula is C26H31N5O3. The van der Waals surface area contributed by atoms with Gasteiger partial charge in [-0.1, -0.05) is 18.2 Å². The number of carbonyl (C=O) groups excluding carboxylic acids is 3. The molecule has 1 unspecified atom stereocenters. The first-order chi connectivity index (χ1) is 16.3. The Kier molecular flexibility index (Phi) is 6.98. The number of fused-ring (bicyclic) bond motifs is 1. The molecule has 8 nitrogen and oxygen atoms in total. The van der Waals surface area contributed by atoms with E-state index in [1.165, 1.54) is 22.8 Å². The molecule has 1 aliphatic rings. The van der Waals surface area contributed by atoms with Crippen LogP contribution in [0.5, 0.6) is 0 Å². The van der Waals surface area contributed by atoms with Crippen molar-refractivity contribution in [3.8, 4) is 0 Å². The Morgan fingerprint density at radius 2 is 1.91 bits per heavy atom. The number of anilines is 1. The van der Waals surface area contributed by atoms with Gasteiger partial charge in [0.2, 0.25) is 5.91 Å². The summed E-state index contributed by atoms with van der Waals surface area (Å²) in [5, 5.41) is 6.75. The number of benzene rings is 2. The fourth-order valence-electron chi connectivity index (χ4n) is 4.30. The number of likely N-dealkylation sites (N-methyl/N-ethyl adjacent to an activating group) is 1. The van der Waals surface area contributed by atoms with Gasteiger partial charge in [0.15, 0.2) is 0 Å². The number of urea groups is 1. The van der Waals surface area contributed by atoms with Gasteiger partial charge >= 0.3 is 6.03 Å². The lowest BCUT2D eigenvalue weighted by Gasteiger charge is -2.14. The summed E-state index contributed by atoms with van der Waals surface area (Å²) >= 11 is 0. The van der Waals surface area contributed by atoms with E-state index < -0.39 is 6.04 Å². The molecule has 8 heteroatoms. The summed E-state index contributed by atoms with van der Waals surface area (Å²) in [4.78, 5) is 43.5. The number of rotatable bonds is 9. The molecule has 1 saturated heterocycles. The number of hydrogen-bond acceptors (Lipinski definition) is 4. The van der Waals surface area contributed by atoms with Crippen LogP contribution in [0.1, 0.15) is 30.0 Å². The lowest BCUT2D eigenvalue weighted by Crippen LogP contribution is -2.31. The van der Waals surface area contributed by atoms with E-state index in [4.69, 9.17) is 0 Å². The van der Waals surface area contributed by atoms with Gasteiger partial charge in [-0.15, -0.1) is 0 Å². The maximum atomic E-state index is 12.9. The highest BCUT2D eigenvalue weighted by atomic mass is 16.2. The summed E-state index contributed by atoms with van der Waals surface area (Å²) in [6, 6.07) is 12.6. The Morgan fingerprint density at radius 3 is 2.68 bits per heavy atom. The Hall–Kier alpha value is -3.65. The van der Waals surface area contributed by atoms with E-state index >= 15 is 0 Å². The van der Waals surface area contributed by atoms with Crippen LogP contribution in [0.25, 0.3) is 10.9 Å². The predicted octanol–water partition coefficient (Wildman–Crippen LogP) is 3.28. The van der Waals surface area contributed by atoms with Crippen molar-refractivity contribution < 1.29 is 14.4 Å². The highest BCUT2D eigenvalue weighted by molar-refractivity contribution is 6.04. The molecule has 0 bridgehead atoms. The monoisotopic (exact) mass is 461 g/mol. The fraction of sp³-hybridized carbons (Fsp3) is 0.346. The molecule has 2 heterocycles. The van der Waals surface area contributed by atoms with Crippen molar-refractivity contribution in [2.45, 2.75) is 38.8 Å². The third-order valence-electron chi connectivity index (χ3n) is 6.08. The van der Waals surface area contributed by atoms with Crippen molar-refractivity contribution in [1.29, 1.82) is 0 Å². The number of aromatic amines is 1.